The minimum atomic E-state index is -0.622. The fourth-order valence-corrected chi connectivity index (χ4v) is 2.66. The van der Waals surface area contributed by atoms with Crippen LogP contribution < -0.4 is 16.0 Å². The van der Waals surface area contributed by atoms with E-state index in [4.69, 9.17) is 0 Å². The highest BCUT2D eigenvalue weighted by Crippen LogP contribution is 2.06. The van der Waals surface area contributed by atoms with E-state index in [1.54, 1.807) is 18.3 Å². The van der Waals surface area contributed by atoms with Gasteiger partial charge in [0.05, 0.1) is 5.56 Å². The smallest absolute Gasteiger partial charge is 0.253 e. The molecule has 1 fully saturated rings. The second kappa shape index (κ2) is 8.39. The number of carbonyl (C=O) groups is 2. The van der Waals surface area contributed by atoms with Crippen LogP contribution in [-0.4, -0.2) is 42.5 Å². The van der Waals surface area contributed by atoms with E-state index in [0.717, 1.165) is 18.7 Å². The van der Waals surface area contributed by atoms with Gasteiger partial charge < -0.3 is 16.0 Å². The summed E-state index contributed by atoms with van der Waals surface area (Å²) in [5.41, 5.74) is 1.44. The standard InChI is InChI=1S/C19H22N4O2/c24-18(16-7-4-8-20-13-16)23-17(9-14-5-2-1-3-6-14)19(25)22-12-15-10-21-11-15/h1-8,13,15,17,21H,9-12H2,(H,22,25)(H,23,24). The molecule has 130 valence electrons. The van der Waals surface area contributed by atoms with Gasteiger partial charge in [0.15, 0.2) is 0 Å². The Morgan fingerprint density at radius 3 is 2.60 bits per heavy atom. The summed E-state index contributed by atoms with van der Waals surface area (Å²) in [5.74, 6) is 0.0119. The SMILES string of the molecule is O=C(NC(Cc1ccccc1)C(=O)NCC1CNC1)c1cccnc1. The number of rotatable bonds is 7. The van der Waals surface area contributed by atoms with Crippen molar-refractivity contribution in [3.63, 3.8) is 0 Å². The molecule has 1 aromatic carbocycles. The van der Waals surface area contributed by atoms with Gasteiger partial charge in [0.25, 0.3) is 5.91 Å². The number of amides is 2. The molecule has 2 aromatic rings. The van der Waals surface area contributed by atoms with Gasteiger partial charge in [-0.3, -0.25) is 14.6 Å². The van der Waals surface area contributed by atoms with Gasteiger partial charge in [-0.2, -0.15) is 0 Å². The summed E-state index contributed by atoms with van der Waals surface area (Å²) in [6, 6.07) is 12.4. The molecule has 1 unspecified atom stereocenters. The van der Waals surface area contributed by atoms with Gasteiger partial charge in [0.2, 0.25) is 5.91 Å². The van der Waals surface area contributed by atoms with Crippen LogP contribution in [0.5, 0.6) is 0 Å². The van der Waals surface area contributed by atoms with E-state index in [9.17, 15) is 9.59 Å². The van der Waals surface area contributed by atoms with E-state index in [2.05, 4.69) is 20.9 Å². The fraction of sp³-hybridized carbons (Fsp3) is 0.316. The maximum absolute atomic E-state index is 12.6. The molecule has 1 saturated heterocycles. The quantitative estimate of drug-likeness (QED) is 0.696. The number of nitrogens with one attached hydrogen (secondary N) is 3. The predicted molar refractivity (Wildman–Crippen MR) is 95.0 cm³/mol. The average molecular weight is 338 g/mol. The van der Waals surface area contributed by atoms with Crippen molar-refractivity contribution in [2.24, 2.45) is 5.92 Å². The second-order valence-electron chi connectivity index (χ2n) is 6.23. The van der Waals surface area contributed by atoms with Crippen molar-refractivity contribution in [1.82, 2.24) is 20.9 Å². The Hall–Kier alpha value is -2.73. The van der Waals surface area contributed by atoms with Crippen molar-refractivity contribution in [2.75, 3.05) is 19.6 Å². The first kappa shape index (κ1) is 17.1. The molecule has 1 aliphatic rings. The first-order valence-electron chi connectivity index (χ1n) is 8.45. The summed E-state index contributed by atoms with van der Waals surface area (Å²) in [5, 5.41) is 8.97. The number of hydrogen-bond donors (Lipinski definition) is 3. The molecule has 2 amide bonds. The third kappa shape index (κ3) is 4.87. The van der Waals surface area contributed by atoms with Crippen molar-refractivity contribution >= 4 is 11.8 Å². The molecule has 3 rings (SSSR count). The fourth-order valence-electron chi connectivity index (χ4n) is 2.66. The van der Waals surface area contributed by atoms with Crippen molar-refractivity contribution in [2.45, 2.75) is 12.5 Å². The molecule has 6 nitrogen and oxygen atoms in total. The zero-order valence-electron chi connectivity index (χ0n) is 13.9. The molecule has 2 heterocycles. The lowest BCUT2D eigenvalue weighted by atomic mass is 10.0. The highest BCUT2D eigenvalue weighted by atomic mass is 16.2. The number of nitrogens with zero attached hydrogens (tertiary/aromatic N) is 1. The van der Waals surface area contributed by atoms with Crippen LogP contribution in [-0.2, 0) is 11.2 Å². The minimum absolute atomic E-state index is 0.159. The highest BCUT2D eigenvalue weighted by molar-refractivity contribution is 5.97. The largest absolute Gasteiger partial charge is 0.354 e. The maximum atomic E-state index is 12.6. The number of hydrogen-bond acceptors (Lipinski definition) is 4. The van der Waals surface area contributed by atoms with E-state index in [1.807, 2.05) is 30.3 Å². The van der Waals surface area contributed by atoms with Gasteiger partial charge in [-0.25, -0.2) is 0 Å². The van der Waals surface area contributed by atoms with E-state index < -0.39 is 6.04 Å². The third-order valence-electron chi connectivity index (χ3n) is 4.26. The maximum Gasteiger partial charge on any atom is 0.253 e. The van der Waals surface area contributed by atoms with Gasteiger partial charge in [-0.15, -0.1) is 0 Å². The second-order valence-corrected chi connectivity index (χ2v) is 6.23. The van der Waals surface area contributed by atoms with Crippen LogP contribution in [0.25, 0.3) is 0 Å². The van der Waals surface area contributed by atoms with Crippen LogP contribution in [0.3, 0.4) is 0 Å². The first-order valence-corrected chi connectivity index (χ1v) is 8.45. The zero-order chi connectivity index (χ0) is 17.5. The lowest BCUT2D eigenvalue weighted by Gasteiger charge is -2.28. The van der Waals surface area contributed by atoms with Crippen LogP contribution in [0.1, 0.15) is 15.9 Å². The van der Waals surface area contributed by atoms with E-state index in [1.165, 1.54) is 6.20 Å². The van der Waals surface area contributed by atoms with Gasteiger partial charge >= 0.3 is 0 Å². The van der Waals surface area contributed by atoms with Crippen molar-refractivity contribution in [3.8, 4) is 0 Å². The zero-order valence-corrected chi connectivity index (χ0v) is 13.9. The van der Waals surface area contributed by atoms with Gasteiger partial charge in [-0.1, -0.05) is 30.3 Å². The molecule has 25 heavy (non-hydrogen) atoms. The summed E-state index contributed by atoms with van der Waals surface area (Å²) in [7, 11) is 0. The van der Waals surface area contributed by atoms with E-state index in [-0.39, 0.29) is 11.8 Å². The van der Waals surface area contributed by atoms with Crippen LogP contribution in [0.4, 0.5) is 0 Å². The molecule has 3 N–H and O–H groups in total. The molecule has 0 saturated carbocycles. The predicted octanol–water partition coefficient (Wildman–Crippen LogP) is 0.758. The van der Waals surface area contributed by atoms with Gasteiger partial charge in [0.1, 0.15) is 6.04 Å². The van der Waals surface area contributed by atoms with Crippen LogP contribution in [0, 0.1) is 5.92 Å². The number of aromatic nitrogens is 1. The third-order valence-corrected chi connectivity index (χ3v) is 4.26. The number of carbonyl (C=O) groups excluding carboxylic acids is 2. The molecule has 0 spiro atoms. The lowest BCUT2D eigenvalue weighted by molar-refractivity contribution is -0.123. The highest BCUT2D eigenvalue weighted by Gasteiger charge is 2.24. The van der Waals surface area contributed by atoms with E-state index in [0.29, 0.717) is 24.4 Å². The van der Waals surface area contributed by atoms with Gasteiger partial charge in [0, 0.05) is 44.4 Å². The summed E-state index contributed by atoms with van der Waals surface area (Å²) in [4.78, 5) is 29.0. The lowest BCUT2D eigenvalue weighted by Crippen LogP contribution is -2.53. The summed E-state index contributed by atoms with van der Waals surface area (Å²) < 4.78 is 0. The minimum Gasteiger partial charge on any atom is -0.354 e. The first-order chi connectivity index (χ1) is 12.2. The molecule has 1 aromatic heterocycles. The Labute approximate surface area is 147 Å². The Morgan fingerprint density at radius 1 is 1.16 bits per heavy atom. The summed E-state index contributed by atoms with van der Waals surface area (Å²) in [6.07, 6.45) is 3.55. The Kier molecular flexibility index (Phi) is 5.74. The van der Waals surface area contributed by atoms with Gasteiger partial charge in [-0.05, 0) is 17.7 Å². The topological polar surface area (TPSA) is 83.1 Å². The monoisotopic (exact) mass is 338 g/mol. The van der Waals surface area contributed by atoms with Crippen molar-refractivity contribution < 1.29 is 9.59 Å². The average Bonchev–Trinajstić information content (AvgIpc) is 2.61. The Bertz CT molecular complexity index is 702. The van der Waals surface area contributed by atoms with Crippen LogP contribution in [0.15, 0.2) is 54.9 Å². The van der Waals surface area contributed by atoms with Crippen LogP contribution in [0.2, 0.25) is 0 Å². The molecule has 0 radical (unpaired) electrons. The van der Waals surface area contributed by atoms with E-state index >= 15 is 0 Å². The number of benzene rings is 1. The van der Waals surface area contributed by atoms with Crippen LogP contribution >= 0.6 is 0 Å². The Morgan fingerprint density at radius 2 is 1.96 bits per heavy atom. The molecule has 0 bridgehead atoms. The number of pyridine rings is 1. The van der Waals surface area contributed by atoms with Crippen molar-refractivity contribution in [3.05, 3.63) is 66.0 Å². The Balaban J connectivity index is 1.66. The summed E-state index contributed by atoms with van der Waals surface area (Å²) >= 11 is 0. The van der Waals surface area contributed by atoms with Crippen molar-refractivity contribution in [1.29, 1.82) is 0 Å². The molecule has 6 heteroatoms. The molecule has 0 aliphatic carbocycles. The normalized spacial score (nSPS) is 15.0. The molecule has 1 aliphatic heterocycles. The molecular formula is C19H22N4O2. The molecular weight excluding hydrogens is 316 g/mol. The molecule has 1 atom stereocenters. The summed E-state index contributed by atoms with van der Waals surface area (Å²) in [6.45, 7) is 2.47.